The van der Waals surface area contributed by atoms with E-state index in [1.165, 1.54) is 5.82 Å². The number of piperidine rings is 1. The summed E-state index contributed by atoms with van der Waals surface area (Å²) in [6, 6.07) is 0. The van der Waals surface area contributed by atoms with E-state index in [0.29, 0.717) is 5.92 Å². The Morgan fingerprint density at radius 1 is 1.33 bits per heavy atom. The minimum atomic E-state index is -0.186. The number of likely N-dealkylation sites (tertiary alicyclic amines) is 1. The molecule has 0 aromatic carbocycles. The van der Waals surface area contributed by atoms with Crippen LogP contribution in [0.2, 0.25) is 0 Å². The highest BCUT2D eigenvalue weighted by molar-refractivity contribution is 5.81. The molecule has 0 aliphatic carbocycles. The van der Waals surface area contributed by atoms with E-state index in [9.17, 15) is 4.79 Å². The van der Waals surface area contributed by atoms with Crippen LogP contribution in [-0.2, 0) is 16.1 Å². The Kier molecular flexibility index (Phi) is 5.89. The number of imidazole rings is 1. The molecule has 0 unspecified atom stereocenters. The molecule has 0 bridgehead atoms. The van der Waals surface area contributed by atoms with Crippen LogP contribution in [-0.4, -0.2) is 71.7 Å². The van der Waals surface area contributed by atoms with Gasteiger partial charge in [-0.3, -0.25) is 4.79 Å². The highest BCUT2D eigenvalue weighted by Gasteiger charge is 2.32. The van der Waals surface area contributed by atoms with Gasteiger partial charge in [0.25, 0.3) is 5.91 Å². The second-order valence-electron chi connectivity index (χ2n) is 7.24. The van der Waals surface area contributed by atoms with Crippen LogP contribution >= 0.6 is 0 Å². The van der Waals surface area contributed by atoms with Crippen molar-refractivity contribution in [3.63, 3.8) is 0 Å². The number of amides is 1. The predicted octanol–water partition coefficient (Wildman–Crippen LogP) is 1.72. The van der Waals surface area contributed by atoms with Crippen molar-refractivity contribution in [3.8, 4) is 0 Å². The quantitative estimate of drug-likeness (QED) is 0.795. The number of rotatable bonds is 6. The van der Waals surface area contributed by atoms with Gasteiger partial charge in [0.1, 0.15) is 11.9 Å². The number of carbonyl (C=O) groups is 1. The summed E-state index contributed by atoms with van der Waals surface area (Å²) < 4.78 is 7.84. The average molecular weight is 334 g/mol. The second kappa shape index (κ2) is 8.12. The third-order valence-electron chi connectivity index (χ3n) is 5.13. The molecule has 1 atom stereocenters. The lowest BCUT2D eigenvalue weighted by Crippen LogP contribution is -2.43. The Bertz CT molecular complexity index is 529. The monoisotopic (exact) mass is 334 g/mol. The van der Waals surface area contributed by atoms with Crippen molar-refractivity contribution in [2.45, 2.75) is 50.7 Å². The average Bonchev–Trinajstić information content (AvgIpc) is 3.26. The minimum Gasteiger partial charge on any atom is -0.368 e. The molecule has 0 spiro atoms. The maximum Gasteiger partial charge on any atom is 0.251 e. The molecule has 2 aliphatic rings. The van der Waals surface area contributed by atoms with Crippen LogP contribution in [0.4, 0.5) is 0 Å². The van der Waals surface area contributed by atoms with Gasteiger partial charge in [-0.2, -0.15) is 0 Å². The van der Waals surface area contributed by atoms with Crippen molar-refractivity contribution >= 4 is 5.91 Å². The van der Waals surface area contributed by atoms with Gasteiger partial charge in [-0.1, -0.05) is 0 Å². The summed E-state index contributed by atoms with van der Waals surface area (Å²) in [5, 5.41) is 0. The molecule has 24 heavy (non-hydrogen) atoms. The Balaban J connectivity index is 1.51. The van der Waals surface area contributed by atoms with Crippen molar-refractivity contribution < 1.29 is 9.53 Å². The molecule has 3 rings (SSSR count). The number of hydrogen-bond acceptors (Lipinski definition) is 4. The Morgan fingerprint density at radius 3 is 2.79 bits per heavy atom. The van der Waals surface area contributed by atoms with Gasteiger partial charge >= 0.3 is 0 Å². The zero-order valence-electron chi connectivity index (χ0n) is 15.0. The molecular formula is C18H30N4O2. The molecule has 0 N–H and O–H groups in total. The highest BCUT2D eigenvalue weighted by Crippen LogP contribution is 2.28. The number of hydrogen-bond donors (Lipinski definition) is 0. The lowest BCUT2D eigenvalue weighted by atomic mass is 9.95. The summed E-state index contributed by atoms with van der Waals surface area (Å²) in [5.41, 5.74) is 0. The van der Waals surface area contributed by atoms with Crippen LogP contribution in [0.15, 0.2) is 12.4 Å². The van der Waals surface area contributed by atoms with E-state index in [0.717, 1.165) is 64.9 Å². The Hall–Kier alpha value is -1.40. The fourth-order valence-electron chi connectivity index (χ4n) is 3.76. The summed E-state index contributed by atoms with van der Waals surface area (Å²) in [5.74, 6) is 1.85. The maximum absolute atomic E-state index is 12.4. The highest BCUT2D eigenvalue weighted by atomic mass is 16.5. The molecule has 1 amide bonds. The van der Waals surface area contributed by atoms with E-state index in [-0.39, 0.29) is 12.0 Å². The molecular weight excluding hydrogens is 304 g/mol. The van der Waals surface area contributed by atoms with Crippen LogP contribution in [0.5, 0.6) is 0 Å². The maximum atomic E-state index is 12.4. The lowest BCUT2D eigenvalue weighted by molar-refractivity contribution is -0.142. The summed E-state index contributed by atoms with van der Waals surface area (Å²) in [4.78, 5) is 21.3. The van der Waals surface area contributed by atoms with Crippen LogP contribution in [0.25, 0.3) is 0 Å². The molecule has 1 aromatic rings. The lowest BCUT2D eigenvalue weighted by Gasteiger charge is -2.33. The number of aryl methyl sites for hydroxylation is 1. The van der Waals surface area contributed by atoms with Crippen molar-refractivity contribution in [2.24, 2.45) is 0 Å². The van der Waals surface area contributed by atoms with Crippen molar-refractivity contribution in [2.75, 3.05) is 40.3 Å². The molecule has 0 radical (unpaired) electrons. The first-order valence-corrected chi connectivity index (χ1v) is 9.21. The van der Waals surface area contributed by atoms with Gasteiger partial charge < -0.3 is 19.1 Å². The Labute approximate surface area is 144 Å². The largest absolute Gasteiger partial charge is 0.368 e. The molecule has 0 saturated carbocycles. The zero-order valence-corrected chi connectivity index (χ0v) is 15.0. The number of aromatic nitrogens is 2. The standard InChI is InChI=1S/C18H30N4O2/c1-20(2)9-4-10-21-13-8-19-17(21)15-6-11-22(12-7-15)18(23)16-5-3-14-24-16/h8,13,15-16H,3-7,9-12,14H2,1-2H3/t16-/m1/s1. The Morgan fingerprint density at radius 2 is 2.12 bits per heavy atom. The summed E-state index contributed by atoms with van der Waals surface area (Å²) in [6.07, 6.45) is 8.85. The molecule has 1 aromatic heterocycles. The zero-order chi connectivity index (χ0) is 16.9. The smallest absolute Gasteiger partial charge is 0.251 e. The van der Waals surface area contributed by atoms with Gasteiger partial charge in [-0.25, -0.2) is 4.98 Å². The van der Waals surface area contributed by atoms with Crippen LogP contribution in [0.3, 0.4) is 0 Å². The summed E-state index contributed by atoms with van der Waals surface area (Å²) in [7, 11) is 4.21. The molecule has 6 nitrogen and oxygen atoms in total. The number of carbonyl (C=O) groups excluding carboxylic acids is 1. The molecule has 134 valence electrons. The fourth-order valence-corrected chi connectivity index (χ4v) is 3.76. The third kappa shape index (κ3) is 4.16. The fraction of sp³-hybridized carbons (Fsp3) is 0.778. The molecule has 6 heteroatoms. The van der Waals surface area contributed by atoms with Gasteiger partial charge in [-0.05, 0) is 52.7 Å². The van der Waals surface area contributed by atoms with Crippen LogP contribution in [0, 0.1) is 0 Å². The van der Waals surface area contributed by atoms with Crippen LogP contribution < -0.4 is 0 Å². The molecule has 2 saturated heterocycles. The van der Waals surface area contributed by atoms with Gasteiger partial charge in [0, 0.05) is 44.6 Å². The van der Waals surface area contributed by atoms with E-state index in [4.69, 9.17) is 4.74 Å². The van der Waals surface area contributed by atoms with E-state index >= 15 is 0 Å². The van der Waals surface area contributed by atoms with Gasteiger partial charge in [-0.15, -0.1) is 0 Å². The van der Waals surface area contributed by atoms with E-state index in [2.05, 4.69) is 34.7 Å². The predicted molar refractivity (Wildman–Crippen MR) is 92.9 cm³/mol. The molecule has 2 aliphatic heterocycles. The normalized spacial score (nSPS) is 22.5. The second-order valence-corrected chi connectivity index (χ2v) is 7.24. The van der Waals surface area contributed by atoms with Crippen molar-refractivity contribution in [1.29, 1.82) is 0 Å². The van der Waals surface area contributed by atoms with Crippen molar-refractivity contribution in [1.82, 2.24) is 19.4 Å². The number of nitrogens with zero attached hydrogens (tertiary/aromatic N) is 4. The minimum absolute atomic E-state index is 0.186. The number of ether oxygens (including phenoxy) is 1. The van der Waals surface area contributed by atoms with Crippen LogP contribution in [0.1, 0.15) is 43.8 Å². The summed E-state index contributed by atoms with van der Waals surface area (Å²) >= 11 is 0. The van der Waals surface area contributed by atoms with E-state index < -0.39 is 0 Å². The summed E-state index contributed by atoms with van der Waals surface area (Å²) in [6.45, 7) is 4.49. The first-order valence-electron chi connectivity index (χ1n) is 9.21. The topological polar surface area (TPSA) is 50.6 Å². The van der Waals surface area contributed by atoms with Gasteiger partial charge in [0.2, 0.25) is 0 Å². The third-order valence-corrected chi connectivity index (χ3v) is 5.13. The first-order chi connectivity index (χ1) is 11.6. The molecule has 3 heterocycles. The SMILES string of the molecule is CN(C)CCCn1ccnc1C1CCN(C(=O)[C@H]2CCCO2)CC1. The van der Waals surface area contributed by atoms with Gasteiger partial charge in [0.15, 0.2) is 0 Å². The van der Waals surface area contributed by atoms with Crippen molar-refractivity contribution in [3.05, 3.63) is 18.2 Å². The van der Waals surface area contributed by atoms with E-state index in [1.807, 2.05) is 11.1 Å². The van der Waals surface area contributed by atoms with E-state index in [1.54, 1.807) is 0 Å². The first kappa shape index (κ1) is 17.4. The molecule has 2 fully saturated rings. The van der Waals surface area contributed by atoms with Gasteiger partial charge in [0.05, 0.1) is 0 Å².